The van der Waals surface area contributed by atoms with Gasteiger partial charge in [0.1, 0.15) is 11.6 Å². The van der Waals surface area contributed by atoms with Gasteiger partial charge in [-0.1, -0.05) is 18.2 Å². The summed E-state index contributed by atoms with van der Waals surface area (Å²) in [4.78, 5) is 25.1. The molecule has 3 rings (SSSR count). The van der Waals surface area contributed by atoms with Crippen molar-refractivity contribution >= 4 is 11.9 Å². The summed E-state index contributed by atoms with van der Waals surface area (Å²) in [6, 6.07) is 13.2. The summed E-state index contributed by atoms with van der Waals surface area (Å²) in [6.45, 7) is 0.905. The Bertz CT molecular complexity index is 798. The van der Waals surface area contributed by atoms with Gasteiger partial charge in [-0.2, -0.15) is 0 Å². The van der Waals surface area contributed by atoms with E-state index in [0.29, 0.717) is 30.3 Å². The molecule has 0 saturated carbocycles. The van der Waals surface area contributed by atoms with Crippen LogP contribution in [0.5, 0.6) is 5.75 Å². The summed E-state index contributed by atoms with van der Waals surface area (Å²) in [5.41, 5.74) is 1.61. The number of ether oxygens (including phenoxy) is 1. The van der Waals surface area contributed by atoms with Crippen LogP contribution in [0.2, 0.25) is 0 Å². The number of benzene rings is 2. The summed E-state index contributed by atoms with van der Waals surface area (Å²) in [5.74, 6) is -0.515. The Hall–Kier alpha value is -2.89. The standard InChI is InChI=1S/C21H22FNO4/c22-18-6-4-15(5-7-18)12-16-8-10-23(11-9-16)21(26)17-2-1-3-19(13-17)27-14-20(24)25/h1-7,13,16H,8-12,14H2,(H,24,25). The monoisotopic (exact) mass is 371 g/mol. The highest BCUT2D eigenvalue weighted by atomic mass is 19.1. The van der Waals surface area contributed by atoms with Gasteiger partial charge >= 0.3 is 5.97 Å². The average Bonchev–Trinajstić information content (AvgIpc) is 2.68. The van der Waals surface area contributed by atoms with E-state index < -0.39 is 12.6 Å². The van der Waals surface area contributed by atoms with Gasteiger partial charge in [0, 0.05) is 18.7 Å². The molecular formula is C21H22FNO4. The zero-order chi connectivity index (χ0) is 19.2. The average molecular weight is 371 g/mol. The third-order valence-electron chi connectivity index (χ3n) is 4.78. The number of amides is 1. The molecule has 0 atom stereocenters. The highest BCUT2D eigenvalue weighted by molar-refractivity contribution is 5.94. The number of aliphatic carboxylic acids is 1. The minimum Gasteiger partial charge on any atom is -0.482 e. The van der Waals surface area contributed by atoms with Crippen molar-refractivity contribution in [1.82, 2.24) is 4.90 Å². The van der Waals surface area contributed by atoms with Crippen LogP contribution in [0.15, 0.2) is 48.5 Å². The highest BCUT2D eigenvalue weighted by Crippen LogP contribution is 2.24. The molecule has 0 bridgehead atoms. The molecule has 0 aliphatic carbocycles. The highest BCUT2D eigenvalue weighted by Gasteiger charge is 2.24. The van der Waals surface area contributed by atoms with Gasteiger partial charge in [0.15, 0.2) is 6.61 Å². The van der Waals surface area contributed by atoms with Crippen molar-refractivity contribution in [1.29, 1.82) is 0 Å². The Morgan fingerprint density at radius 3 is 2.48 bits per heavy atom. The lowest BCUT2D eigenvalue weighted by atomic mass is 9.90. The van der Waals surface area contributed by atoms with Gasteiger partial charge in [-0.25, -0.2) is 9.18 Å². The maximum Gasteiger partial charge on any atom is 0.341 e. The molecule has 5 nitrogen and oxygen atoms in total. The maximum absolute atomic E-state index is 13.0. The fraction of sp³-hybridized carbons (Fsp3) is 0.333. The van der Waals surface area contributed by atoms with Crippen LogP contribution in [0.4, 0.5) is 4.39 Å². The number of carboxylic acids is 1. The van der Waals surface area contributed by atoms with Crippen LogP contribution < -0.4 is 4.74 Å². The summed E-state index contributed by atoms with van der Waals surface area (Å²) in [7, 11) is 0. The van der Waals surface area contributed by atoms with Crippen molar-refractivity contribution in [3.05, 3.63) is 65.5 Å². The number of hydrogen-bond acceptors (Lipinski definition) is 3. The third kappa shape index (κ3) is 5.29. The normalized spacial score (nSPS) is 14.8. The second-order valence-electron chi connectivity index (χ2n) is 6.78. The molecule has 1 saturated heterocycles. The first kappa shape index (κ1) is 18.9. The molecule has 0 spiro atoms. The molecule has 1 aliphatic heterocycles. The van der Waals surface area contributed by atoms with Crippen LogP contribution in [0.3, 0.4) is 0 Å². The van der Waals surface area contributed by atoms with E-state index in [4.69, 9.17) is 9.84 Å². The number of likely N-dealkylation sites (tertiary alicyclic amines) is 1. The number of nitrogens with zero attached hydrogens (tertiary/aromatic N) is 1. The summed E-state index contributed by atoms with van der Waals surface area (Å²) < 4.78 is 18.1. The minimum atomic E-state index is -1.06. The smallest absolute Gasteiger partial charge is 0.341 e. The first-order chi connectivity index (χ1) is 13.0. The lowest BCUT2D eigenvalue weighted by Crippen LogP contribution is -2.38. The SMILES string of the molecule is O=C(O)COc1cccc(C(=O)N2CCC(Cc3ccc(F)cc3)CC2)c1. The number of piperidine rings is 1. The number of rotatable bonds is 6. The second-order valence-corrected chi connectivity index (χ2v) is 6.78. The van der Waals surface area contributed by atoms with Crippen molar-refractivity contribution in [3.63, 3.8) is 0 Å². The molecule has 0 unspecified atom stereocenters. The van der Waals surface area contributed by atoms with E-state index in [1.54, 1.807) is 24.3 Å². The Morgan fingerprint density at radius 2 is 1.81 bits per heavy atom. The topological polar surface area (TPSA) is 66.8 Å². The Morgan fingerprint density at radius 1 is 1.11 bits per heavy atom. The Kier molecular flexibility index (Phi) is 6.06. The molecule has 2 aromatic carbocycles. The van der Waals surface area contributed by atoms with Gasteiger partial charge in [0.05, 0.1) is 0 Å². The molecule has 27 heavy (non-hydrogen) atoms. The summed E-state index contributed by atoms with van der Waals surface area (Å²) >= 11 is 0. The predicted molar refractivity (Wildman–Crippen MR) is 98.3 cm³/mol. The number of carboxylic acid groups (broad SMARTS) is 1. The molecular weight excluding hydrogens is 349 g/mol. The fourth-order valence-electron chi connectivity index (χ4n) is 3.34. The van der Waals surface area contributed by atoms with E-state index in [2.05, 4.69) is 0 Å². The van der Waals surface area contributed by atoms with Gasteiger partial charge in [0.2, 0.25) is 0 Å². The fourth-order valence-corrected chi connectivity index (χ4v) is 3.34. The quantitative estimate of drug-likeness (QED) is 0.845. The molecule has 0 aromatic heterocycles. The van der Waals surface area contributed by atoms with Crippen LogP contribution in [0.25, 0.3) is 0 Å². The molecule has 1 fully saturated rings. The van der Waals surface area contributed by atoms with Gasteiger partial charge in [-0.05, 0) is 61.1 Å². The zero-order valence-corrected chi connectivity index (χ0v) is 14.9. The van der Waals surface area contributed by atoms with Gasteiger partial charge in [-0.3, -0.25) is 4.79 Å². The first-order valence-electron chi connectivity index (χ1n) is 8.99. The van der Waals surface area contributed by atoms with E-state index in [-0.39, 0.29) is 11.7 Å². The van der Waals surface area contributed by atoms with E-state index in [1.165, 1.54) is 12.1 Å². The van der Waals surface area contributed by atoms with Crippen molar-refractivity contribution in [3.8, 4) is 5.75 Å². The molecule has 1 N–H and O–H groups in total. The van der Waals surface area contributed by atoms with Crippen molar-refractivity contribution < 1.29 is 23.8 Å². The minimum absolute atomic E-state index is 0.0731. The number of hydrogen-bond donors (Lipinski definition) is 1. The van der Waals surface area contributed by atoms with E-state index in [0.717, 1.165) is 24.8 Å². The molecule has 142 valence electrons. The molecule has 1 aliphatic rings. The molecule has 6 heteroatoms. The maximum atomic E-state index is 13.0. The molecule has 0 radical (unpaired) electrons. The summed E-state index contributed by atoms with van der Waals surface area (Å²) in [6.07, 6.45) is 2.69. The van der Waals surface area contributed by atoms with E-state index in [1.807, 2.05) is 17.0 Å². The molecule has 1 amide bonds. The van der Waals surface area contributed by atoms with Crippen LogP contribution in [-0.2, 0) is 11.2 Å². The Balaban J connectivity index is 1.54. The lowest BCUT2D eigenvalue weighted by molar-refractivity contribution is -0.139. The number of carbonyl (C=O) groups excluding carboxylic acids is 1. The lowest BCUT2D eigenvalue weighted by Gasteiger charge is -2.32. The Labute approximate surface area is 157 Å². The van der Waals surface area contributed by atoms with Crippen molar-refractivity contribution in [2.24, 2.45) is 5.92 Å². The molecule has 2 aromatic rings. The zero-order valence-electron chi connectivity index (χ0n) is 14.9. The predicted octanol–water partition coefficient (Wildman–Crippen LogP) is 3.38. The number of halogens is 1. The van der Waals surface area contributed by atoms with Crippen molar-refractivity contribution in [2.45, 2.75) is 19.3 Å². The van der Waals surface area contributed by atoms with Crippen LogP contribution in [0.1, 0.15) is 28.8 Å². The van der Waals surface area contributed by atoms with Gasteiger partial charge < -0.3 is 14.7 Å². The third-order valence-corrected chi connectivity index (χ3v) is 4.78. The summed E-state index contributed by atoms with van der Waals surface area (Å²) in [5, 5.41) is 8.68. The first-order valence-corrected chi connectivity index (χ1v) is 8.99. The van der Waals surface area contributed by atoms with Gasteiger partial charge in [-0.15, -0.1) is 0 Å². The van der Waals surface area contributed by atoms with Gasteiger partial charge in [0.25, 0.3) is 5.91 Å². The van der Waals surface area contributed by atoms with Crippen LogP contribution in [-0.4, -0.2) is 41.6 Å². The van der Waals surface area contributed by atoms with Crippen LogP contribution in [0, 0.1) is 11.7 Å². The van der Waals surface area contributed by atoms with E-state index in [9.17, 15) is 14.0 Å². The second kappa shape index (κ2) is 8.66. The van der Waals surface area contributed by atoms with Crippen LogP contribution >= 0.6 is 0 Å². The largest absolute Gasteiger partial charge is 0.482 e. The van der Waals surface area contributed by atoms with E-state index >= 15 is 0 Å². The number of carbonyl (C=O) groups is 2. The molecule has 1 heterocycles. The van der Waals surface area contributed by atoms with Crippen molar-refractivity contribution in [2.75, 3.05) is 19.7 Å².